The molecule has 0 spiro atoms. The number of nitrogens with zero attached hydrogens (tertiary/aromatic N) is 3. The van der Waals surface area contributed by atoms with Gasteiger partial charge in [0, 0.05) is 35.5 Å². The molecule has 0 radical (unpaired) electrons. The molecule has 0 bridgehead atoms. The molecule has 0 aliphatic rings. The van der Waals surface area contributed by atoms with E-state index in [1.807, 2.05) is 30.6 Å². The highest BCUT2D eigenvalue weighted by molar-refractivity contribution is 5.89. The third-order valence-corrected chi connectivity index (χ3v) is 4.62. The minimum Gasteiger partial charge on any atom is -0.357 e. The Kier molecular flexibility index (Phi) is 3.60. The van der Waals surface area contributed by atoms with Crippen LogP contribution in [0.1, 0.15) is 5.56 Å². The summed E-state index contributed by atoms with van der Waals surface area (Å²) in [4.78, 5) is 11.7. The molecule has 5 nitrogen and oxygen atoms in total. The van der Waals surface area contributed by atoms with Crippen LogP contribution in [0.25, 0.3) is 21.9 Å². The predicted octanol–water partition coefficient (Wildman–Crippen LogP) is 4.84. The zero-order valence-corrected chi connectivity index (χ0v) is 14.4. The molecule has 6 heteroatoms. The summed E-state index contributed by atoms with van der Waals surface area (Å²) in [5.74, 6) is 0.527. The number of nitrogens with one attached hydrogen (secondary N) is 2. The minimum absolute atomic E-state index is 0.212. The van der Waals surface area contributed by atoms with Gasteiger partial charge in [0.1, 0.15) is 17.7 Å². The lowest BCUT2D eigenvalue weighted by atomic mass is 10.2. The predicted molar refractivity (Wildman–Crippen MR) is 105 cm³/mol. The number of rotatable bonds is 4. The van der Waals surface area contributed by atoms with Crippen LogP contribution in [0.3, 0.4) is 0 Å². The van der Waals surface area contributed by atoms with Crippen molar-refractivity contribution < 1.29 is 4.39 Å². The Labute approximate surface area is 154 Å². The molecule has 3 heterocycles. The largest absolute Gasteiger partial charge is 0.357 e. The topological polar surface area (TPSA) is 58.5 Å². The maximum atomic E-state index is 13.4. The number of aromatic amines is 1. The summed E-state index contributed by atoms with van der Waals surface area (Å²) in [6, 6.07) is 16.8. The Morgan fingerprint density at radius 1 is 1.04 bits per heavy atom. The van der Waals surface area contributed by atoms with Gasteiger partial charge in [-0.25, -0.2) is 14.4 Å². The van der Waals surface area contributed by atoms with Gasteiger partial charge in [-0.1, -0.05) is 12.1 Å². The molecular formula is C21H16FN5. The highest BCUT2D eigenvalue weighted by atomic mass is 19.1. The Hall–Kier alpha value is -3.67. The lowest BCUT2D eigenvalue weighted by Gasteiger charge is -2.09. The first-order valence-electron chi connectivity index (χ1n) is 8.65. The van der Waals surface area contributed by atoms with Gasteiger partial charge in [-0.15, -0.1) is 0 Å². The molecule has 0 aliphatic heterocycles. The average molecular weight is 357 g/mol. The quantitative estimate of drug-likeness (QED) is 0.484. The molecule has 0 amide bonds. The van der Waals surface area contributed by atoms with E-state index in [9.17, 15) is 4.39 Å². The fourth-order valence-corrected chi connectivity index (χ4v) is 3.35. The second-order valence-corrected chi connectivity index (χ2v) is 6.43. The van der Waals surface area contributed by atoms with Crippen LogP contribution in [0.4, 0.5) is 15.9 Å². The third-order valence-electron chi connectivity index (χ3n) is 4.62. The van der Waals surface area contributed by atoms with Crippen LogP contribution in [0.15, 0.2) is 73.3 Å². The molecule has 0 saturated carbocycles. The van der Waals surface area contributed by atoms with Crippen molar-refractivity contribution in [2.75, 3.05) is 5.32 Å². The van der Waals surface area contributed by atoms with Gasteiger partial charge < -0.3 is 14.9 Å². The molecule has 132 valence electrons. The van der Waals surface area contributed by atoms with Crippen molar-refractivity contribution in [2.45, 2.75) is 6.54 Å². The lowest BCUT2D eigenvalue weighted by molar-refractivity contribution is 0.624. The molecule has 0 unspecified atom stereocenters. The summed E-state index contributed by atoms with van der Waals surface area (Å²) < 4.78 is 15.5. The molecule has 2 aromatic carbocycles. The molecule has 2 N–H and O–H groups in total. The first-order chi connectivity index (χ1) is 13.3. The maximum Gasteiger partial charge on any atom is 0.158 e. The van der Waals surface area contributed by atoms with Crippen LogP contribution in [0, 0.1) is 5.82 Å². The molecule has 0 aliphatic carbocycles. The second-order valence-electron chi connectivity index (χ2n) is 6.43. The monoisotopic (exact) mass is 357 g/mol. The van der Waals surface area contributed by atoms with Gasteiger partial charge in [-0.2, -0.15) is 0 Å². The van der Waals surface area contributed by atoms with Crippen LogP contribution >= 0.6 is 0 Å². The fourth-order valence-electron chi connectivity index (χ4n) is 3.35. The number of halogens is 1. The van der Waals surface area contributed by atoms with E-state index in [1.54, 1.807) is 18.5 Å². The van der Waals surface area contributed by atoms with Gasteiger partial charge in [0.05, 0.1) is 5.52 Å². The van der Waals surface area contributed by atoms with E-state index < -0.39 is 0 Å². The number of benzene rings is 2. The zero-order valence-electron chi connectivity index (χ0n) is 14.4. The Morgan fingerprint density at radius 2 is 2.00 bits per heavy atom. The van der Waals surface area contributed by atoms with Gasteiger partial charge in [-0.05, 0) is 48.0 Å². The molecular weight excluding hydrogens is 341 g/mol. The lowest BCUT2D eigenvalue weighted by Crippen LogP contribution is -1.99. The smallest absolute Gasteiger partial charge is 0.158 e. The van der Waals surface area contributed by atoms with Crippen molar-refractivity contribution in [3.8, 4) is 0 Å². The Balaban J connectivity index is 1.45. The van der Waals surface area contributed by atoms with E-state index in [2.05, 4.69) is 43.0 Å². The number of hydrogen-bond acceptors (Lipinski definition) is 3. The fraction of sp³-hybridized carbons (Fsp3) is 0.0476. The third kappa shape index (κ3) is 2.91. The highest BCUT2D eigenvalue weighted by Gasteiger charge is 2.07. The summed E-state index contributed by atoms with van der Waals surface area (Å²) in [5, 5.41) is 4.46. The number of anilines is 2. The van der Waals surface area contributed by atoms with Crippen molar-refractivity contribution in [3.63, 3.8) is 0 Å². The van der Waals surface area contributed by atoms with Crippen molar-refractivity contribution in [1.82, 2.24) is 19.5 Å². The Morgan fingerprint density at radius 3 is 2.93 bits per heavy atom. The van der Waals surface area contributed by atoms with E-state index in [0.29, 0.717) is 6.54 Å². The molecule has 3 aromatic heterocycles. The van der Waals surface area contributed by atoms with Gasteiger partial charge in [-0.3, -0.25) is 0 Å². The molecule has 0 atom stereocenters. The standard InChI is InChI=1S/C21H16FN5/c22-16-3-1-2-14(10-16)12-27-9-7-15-11-17(4-5-19(15)27)26-21-20-18(6-8-23-20)24-13-25-21/h1-11,13,23H,12H2,(H,24,25,26). The molecule has 5 aromatic rings. The maximum absolute atomic E-state index is 13.4. The molecule has 5 rings (SSSR count). The summed E-state index contributed by atoms with van der Waals surface area (Å²) in [6.45, 7) is 0.628. The molecule has 0 saturated heterocycles. The normalized spacial score (nSPS) is 11.3. The van der Waals surface area contributed by atoms with Gasteiger partial charge >= 0.3 is 0 Å². The van der Waals surface area contributed by atoms with E-state index >= 15 is 0 Å². The van der Waals surface area contributed by atoms with Crippen LogP contribution < -0.4 is 5.32 Å². The van der Waals surface area contributed by atoms with Gasteiger partial charge in [0.15, 0.2) is 5.82 Å². The number of aromatic nitrogens is 4. The van der Waals surface area contributed by atoms with Crippen LogP contribution in [-0.4, -0.2) is 19.5 Å². The summed E-state index contributed by atoms with van der Waals surface area (Å²) in [6.07, 6.45) is 5.42. The zero-order chi connectivity index (χ0) is 18.2. The van der Waals surface area contributed by atoms with Gasteiger partial charge in [0.25, 0.3) is 0 Å². The molecule has 0 fully saturated rings. The summed E-state index contributed by atoms with van der Waals surface area (Å²) in [5.41, 5.74) is 4.72. The van der Waals surface area contributed by atoms with E-state index in [1.165, 1.54) is 6.07 Å². The van der Waals surface area contributed by atoms with Crippen molar-refractivity contribution in [3.05, 3.63) is 84.7 Å². The minimum atomic E-state index is -0.212. The van der Waals surface area contributed by atoms with E-state index in [0.717, 1.165) is 39.0 Å². The van der Waals surface area contributed by atoms with Crippen molar-refractivity contribution in [1.29, 1.82) is 0 Å². The summed E-state index contributed by atoms with van der Waals surface area (Å²) in [7, 11) is 0. The number of hydrogen-bond donors (Lipinski definition) is 2. The first kappa shape index (κ1) is 15.6. The molecule has 27 heavy (non-hydrogen) atoms. The van der Waals surface area contributed by atoms with Crippen LogP contribution in [0.2, 0.25) is 0 Å². The van der Waals surface area contributed by atoms with E-state index in [-0.39, 0.29) is 5.82 Å². The summed E-state index contributed by atoms with van der Waals surface area (Å²) >= 11 is 0. The van der Waals surface area contributed by atoms with Crippen molar-refractivity contribution in [2.24, 2.45) is 0 Å². The Bertz CT molecular complexity index is 1250. The number of fused-ring (bicyclic) bond motifs is 2. The van der Waals surface area contributed by atoms with E-state index in [4.69, 9.17) is 0 Å². The van der Waals surface area contributed by atoms with Crippen molar-refractivity contribution >= 4 is 33.4 Å². The average Bonchev–Trinajstić information content (AvgIpc) is 3.29. The number of H-pyrrole nitrogens is 1. The van der Waals surface area contributed by atoms with Gasteiger partial charge in [0.2, 0.25) is 0 Å². The van der Waals surface area contributed by atoms with Crippen LogP contribution in [0.5, 0.6) is 0 Å². The first-order valence-corrected chi connectivity index (χ1v) is 8.65. The second kappa shape index (κ2) is 6.25. The van der Waals surface area contributed by atoms with Crippen LogP contribution in [-0.2, 0) is 6.54 Å². The highest BCUT2D eigenvalue weighted by Crippen LogP contribution is 2.26. The SMILES string of the molecule is Fc1cccc(Cn2ccc3cc(Nc4ncnc5cc[nH]c45)ccc32)c1.